The topological polar surface area (TPSA) is 95.2 Å². The molecule has 0 aliphatic carbocycles. The number of aromatic nitrogens is 2. The van der Waals surface area contributed by atoms with E-state index in [0.29, 0.717) is 35.7 Å². The SMILES string of the molecule is CCc1cc(=O)[nH]c(-c2cccc(NC(=O)C3CC(=O)N(c4ccccc4Br)C3)c2)n1. The fraction of sp³-hybridized carbons (Fsp3) is 0.217. The van der Waals surface area contributed by atoms with Crippen LogP contribution in [0.5, 0.6) is 0 Å². The molecule has 158 valence electrons. The van der Waals surface area contributed by atoms with Gasteiger partial charge in [-0.15, -0.1) is 0 Å². The minimum absolute atomic E-state index is 0.0843. The highest BCUT2D eigenvalue weighted by Crippen LogP contribution is 2.31. The summed E-state index contributed by atoms with van der Waals surface area (Å²) in [5, 5.41) is 2.90. The van der Waals surface area contributed by atoms with E-state index in [1.165, 1.54) is 6.07 Å². The van der Waals surface area contributed by atoms with Gasteiger partial charge >= 0.3 is 0 Å². The fourth-order valence-corrected chi connectivity index (χ4v) is 4.10. The van der Waals surface area contributed by atoms with Crippen LogP contribution in [0.4, 0.5) is 11.4 Å². The molecule has 3 aromatic rings. The van der Waals surface area contributed by atoms with Crippen molar-refractivity contribution in [3.8, 4) is 11.4 Å². The van der Waals surface area contributed by atoms with Crippen LogP contribution in [-0.2, 0) is 16.0 Å². The number of H-pyrrole nitrogens is 1. The van der Waals surface area contributed by atoms with Crippen LogP contribution >= 0.6 is 15.9 Å². The predicted octanol–water partition coefficient (Wildman–Crippen LogP) is 3.75. The van der Waals surface area contributed by atoms with Crippen LogP contribution in [-0.4, -0.2) is 28.3 Å². The summed E-state index contributed by atoms with van der Waals surface area (Å²) in [6.07, 6.45) is 0.803. The van der Waals surface area contributed by atoms with Gasteiger partial charge in [0.1, 0.15) is 5.82 Å². The van der Waals surface area contributed by atoms with Crippen molar-refractivity contribution in [3.05, 3.63) is 75.1 Å². The molecule has 1 aliphatic rings. The van der Waals surface area contributed by atoms with Crippen LogP contribution < -0.4 is 15.8 Å². The van der Waals surface area contributed by atoms with Gasteiger partial charge in [0.15, 0.2) is 0 Å². The van der Waals surface area contributed by atoms with E-state index < -0.39 is 5.92 Å². The average Bonchev–Trinajstić information content (AvgIpc) is 3.15. The van der Waals surface area contributed by atoms with E-state index in [2.05, 4.69) is 31.2 Å². The van der Waals surface area contributed by atoms with E-state index in [1.54, 1.807) is 23.1 Å². The summed E-state index contributed by atoms with van der Waals surface area (Å²) >= 11 is 3.46. The lowest BCUT2D eigenvalue weighted by molar-refractivity contribution is -0.122. The van der Waals surface area contributed by atoms with Crippen molar-refractivity contribution in [2.45, 2.75) is 19.8 Å². The summed E-state index contributed by atoms with van der Waals surface area (Å²) in [7, 11) is 0. The van der Waals surface area contributed by atoms with E-state index >= 15 is 0 Å². The summed E-state index contributed by atoms with van der Waals surface area (Å²) in [6, 6.07) is 16.1. The zero-order valence-corrected chi connectivity index (χ0v) is 18.5. The van der Waals surface area contributed by atoms with Crippen LogP contribution in [0.1, 0.15) is 19.0 Å². The zero-order valence-electron chi connectivity index (χ0n) is 16.9. The highest BCUT2D eigenvalue weighted by molar-refractivity contribution is 9.10. The molecule has 2 aromatic carbocycles. The molecule has 2 amide bonds. The van der Waals surface area contributed by atoms with Crippen LogP contribution in [0.15, 0.2) is 63.9 Å². The van der Waals surface area contributed by atoms with E-state index in [1.807, 2.05) is 37.3 Å². The Morgan fingerprint density at radius 2 is 2.00 bits per heavy atom. The Kier molecular flexibility index (Phi) is 5.99. The second-order valence-corrected chi connectivity index (χ2v) is 8.22. The number of aromatic amines is 1. The molecule has 0 spiro atoms. The Balaban J connectivity index is 1.50. The number of carbonyl (C=O) groups excluding carboxylic acids is 2. The second-order valence-electron chi connectivity index (χ2n) is 7.37. The lowest BCUT2D eigenvalue weighted by Crippen LogP contribution is -2.28. The van der Waals surface area contributed by atoms with Gasteiger partial charge in [-0.1, -0.05) is 31.2 Å². The normalized spacial score (nSPS) is 15.9. The Bertz CT molecular complexity index is 1210. The molecule has 1 aliphatic heterocycles. The highest BCUT2D eigenvalue weighted by atomic mass is 79.9. The lowest BCUT2D eigenvalue weighted by atomic mass is 10.1. The summed E-state index contributed by atoms with van der Waals surface area (Å²) in [5.41, 5.74) is 2.52. The maximum atomic E-state index is 12.8. The van der Waals surface area contributed by atoms with E-state index in [4.69, 9.17) is 0 Å². The first kappa shape index (κ1) is 21.0. The largest absolute Gasteiger partial charge is 0.326 e. The van der Waals surface area contributed by atoms with Crippen molar-refractivity contribution in [3.63, 3.8) is 0 Å². The molecule has 1 unspecified atom stereocenters. The van der Waals surface area contributed by atoms with Gasteiger partial charge in [-0.05, 0) is 46.6 Å². The molecule has 0 radical (unpaired) electrons. The quantitative estimate of drug-likeness (QED) is 0.581. The molecule has 31 heavy (non-hydrogen) atoms. The molecule has 2 N–H and O–H groups in total. The molecule has 1 atom stereocenters. The highest BCUT2D eigenvalue weighted by Gasteiger charge is 2.35. The minimum Gasteiger partial charge on any atom is -0.326 e. The Hall–Kier alpha value is -3.26. The van der Waals surface area contributed by atoms with Crippen LogP contribution in [0.2, 0.25) is 0 Å². The monoisotopic (exact) mass is 480 g/mol. The third-order valence-corrected chi connectivity index (χ3v) is 5.87. The summed E-state index contributed by atoms with van der Waals surface area (Å²) in [6.45, 7) is 2.25. The van der Waals surface area contributed by atoms with Crippen molar-refractivity contribution in [2.24, 2.45) is 5.92 Å². The summed E-state index contributed by atoms with van der Waals surface area (Å²) < 4.78 is 0.813. The average molecular weight is 481 g/mol. The molecule has 1 fully saturated rings. The number of aryl methyl sites for hydroxylation is 1. The molecule has 4 rings (SSSR count). The minimum atomic E-state index is -0.454. The molecule has 7 nitrogen and oxygen atoms in total. The number of carbonyl (C=O) groups is 2. The first-order chi connectivity index (χ1) is 14.9. The summed E-state index contributed by atoms with van der Waals surface area (Å²) in [5.74, 6) is -0.302. The number of benzene rings is 2. The van der Waals surface area contributed by atoms with Gasteiger partial charge in [0.25, 0.3) is 5.56 Å². The predicted molar refractivity (Wildman–Crippen MR) is 123 cm³/mol. The van der Waals surface area contributed by atoms with Gasteiger partial charge in [-0.25, -0.2) is 4.98 Å². The van der Waals surface area contributed by atoms with Gasteiger partial charge in [-0.2, -0.15) is 0 Å². The first-order valence-electron chi connectivity index (χ1n) is 10.0. The van der Waals surface area contributed by atoms with Gasteiger partial charge in [0, 0.05) is 40.4 Å². The Morgan fingerprint density at radius 3 is 2.77 bits per heavy atom. The van der Waals surface area contributed by atoms with Crippen LogP contribution in [0.3, 0.4) is 0 Å². The zero-order chi connectivity index (χ0) is 22.0. The Morgan fingerprint density at radius 1 is 1.19 bits per heavy atom. The van der Waals surface area contributed by atoms with Gasteiger partial charge < -0.3 is 15.2 Å². The van der Waals surface area contributed by atoms with Gasteiger partial charge in [0.05, 0.1) is 11.6 Å². The number of halogens is 1. The number of amides is 2. The number of para-hydroxylation sites is 1. The molecule has 0 saturated carbocycles. The van der Waals surface area contributed by atoms with Gasteiger partial charge in [-0.3, -0.25) is 14.4 Å². The second kappa shape index (κ2) is 8.85. The third-order valence-electron chi connectivity index (χ3n) is 5.20. The molecular weight excluding hydrogens is 460 g/mol. The fourth-order valence-electron chi connectivity index (χ4n) is 3.60. The molecule has 0 bridgehead atoms. The number of hydrogen-bond donors (Lipinski definition) is 2. The standard InChI is InChI=1S/C23H21BrN4O3/c1-2-16-12-20(29)27-22(25-16)14-6-5-7-17(10-14)26-23(31)15-11-21(30)28(13-15)19-9-4-3-8-18(19)24/h3-10,12,15H,2,11,13H2,1H3,(H,26,31)(H,25,27,29). The number of nitrogens with one attached hydrogen (secondary N) is 2. The maximum Gasteiger partial charge on any atom is 0.251 e. The Labute approximate surface area is 187 Å². The maximum absolute atomic E-state index is 12.8. The van der Waals surface area contributed by atoms with Gasteiger partial charge in [0.2, 0.25) is 11.8 Å². The summed E-state index contributed by atoms with van der Waals surface area (Å²) in [4.78, 5) is 46.1. The molecule has 2 heterocycles. The van der Waals surface area contributed by atoms with E-state index in [-0.39, 0.29) is 23.8 Å². The van der Waals surface area contributed by atoms with Crippen LogP contribution in [0, 0.1) is 5.92 Å². The number of hydrogen-bond acceptors (Lipinski definition) is 4. The molecule has 1 aromatic heterocycles. The number of nitrogens with zero attached hydrogens (tertiary/aromatic N) is 2. The molecular formula is C23H21BrN4O3. The lowest BCUT2D eigenvalue weighted by Gasteiger charge is -2.18. The number of rotatable bonds is 5. The van der Waals surface area contributed by atoms with Crippen molar-refractivity contribution >= 4 is 39.1 Å². The van der Waals surface area contributed by atoms with Crippen LogP contribution in [0.25, 0.3) is 11.4 Å². The van der Waals surface area contributed by atoms with Crippen molar-refractivity contribution < 1.29 is 9.59 Å². The number of anilines is 2. The molecule has 8 heteroatoms. The van der Waals surface area contributed by atoms with Crippen molar-refractivity contribution in [1.82, 2.24) is 9.97 Å². The smallest absolute Gasteiger partial charge is 0.251 e. The van der Waals surface area contributed by atoms with Crippen molar-refractivity contribution in [2.75, 3.05) is 16.8 Å². The van der Waals surface area contributed by atoms with E-state index in [9.17, 15) is 14.4 Å². The molecule has 1 saturated heterocycles. The van der Waals surface area contributed by atoms with E-state index in [0.717, 1.165) is 10.2 Å². The third kappa shape index (κ3) is 4.59. The first-order valence-corrected chi connectivity index (χ1v) is 10.8. The van der Waals surface area contributed by atoms with Crippen molar-refractivity contribution in [1.29, 1.82) is 0 Å².